The van der Waals surface area contributed by atoms with Crippen molar-refractivity contribution >= 4 is 27.7 Å². The highest BCUT2D eigenvalue weighted by atomic mass is 32.2. The first-order valence-corrected chi connectivity index (χ1v) is 9.57. The molecule has 1 aromatic rings. The number of nitrogens with one attached hydrogen (secondary N) is 2. The molecule has 7 heteroatoms. The van der Waals surface area contributed by atoms with E-state index in [0.29, 0.717) is 6.42 Å². The molecule has 2 N–H and O–H groups in total. The number of rotatable bonds is 5. The standard InChI is InChI=1S/C17H22N2O4S/c1-13(16(21)19-17(2)10-11-24(22,23)12-17)18-15(20)9-8-14-6-4-3-5-7-14/h3-9,13H,10-12H2,1-2H3,(H,18,20)(H,19,21)/b9-8+. The van der Waals surface area contributed by atoms with Gasteiger partial charge in [-0.2, -0.15) is 0 Å². The van der Waals surface area contributed by atoms with Crippen molar-refractivity contribution in [3.8, 4) is 0 Å². The summed E-state index contributed by atoms with van der Waals surface area (Å²) in [5, 5.41) is 5.31. The third-order valence-electron chi connectivity index (χ3n) is 3.91. The lowest BCUT2D eigenvalue weighted by atomic mass is 10.0. The van der Waals surface area contributed by atoms with Crippen LogP contribution in [0.4, 0.5) is 0 Å². The summed E-state index contributed by atoms with van der Waals surface area (Å²) in [5.41, 5.74) is 0.114. The van der Waals surface area contributed by atoms with Gasteiger partial charge in [-0.05, 0) is 31.9 Å². The molecule has 2 atom stereocenters. The highest BCUT2D eigenvalue weighted by molar-refractivity contribution is 7.91. The molecule has 0 aliphatic carbocycles. The monoisotopic (exact) mass is 350 g/mol. The van der Waals surface area contributed by atoms with Gasteiger partial charge in [0.1, 0.15) is 6.04 Å². The maximum Gasteiger partial charge on any atom is 0.244 e. The van der Waals surface area contributed by atoms with Crippen molar-refractivity contribution in [2.24, 2.45) is 0 Å². The van der Waals surface area contributed by atoms with Gasteiger partial charge < -0.3 is 10.6 Å². The molecule has 1 fully saturated rings. The summed E-state index contributed by atoms with van der Waals surface area (Å²) in [5.74, 6) is -0.772. The van der Waals surface area contributed by atoms with Crippen molar-refractivity contribution in [1.29, 1.82) is 0 Å². The zero-order chi connectivity index (χ0) is 17.8. The van der Waals surface area contributed by atoms with Crippen LogP contribution < -0.4 is 10.6 Å². The molecule has 0 saturated carbocycles. The van der Waals surface area contributed by atoms with Crippen LogP contribution in [0.25, 0.3) is 6.08 Å². The van der Waals surface area contributed by atoms with Crippen LogP contribution >= 0.6 is 0 Å². The lowest BCUT2D eigenvalue weighted by molar-refractivity contribution is -0.127. The fraction of sp³-hybridized carbons (Fsp3) is 0.412. The van der Waals surface area contributed by atoms with E-state index >= 15 is 0 Å². The number of hydrogen-bond donors (Lipinski definition) is 2. The summed E-state index contributed by atoms with van der Waals surface area (Å²) in [7, 11) is -3.10. The van der Waals surface area contributed by atoms with Crippen molar-refractivity contribution in [2.45, 2.75) is 31.8 Å². The van der Waals surface area contributed by atoms with Gasteiger partial charge in [-0.15, -0.1) is 0 Å². The van der Waals surface area contributed by atoms with E-state index in [1.165, 1.54) is 6.08 Å². The van der Waals surface area contributed by atoms with Crippen molar-refractivity contribution in [2.75, 3.05) is 11.5 Å². The molecular weight excluding hydrogens is 328 g/mol. The first-order valence-electron chi connectivity index (χ1n) is 7.75. The molecule has 2 rings (SSSR count). The molecule has 2 unspecified atom stereocenters. The van der Waals surface area contributed by atoms with Crippen molar-refractivity contribution in [3.05, 3.63) is 42.0 Å². The Morgan fingerprint density at radius 2 is 1.92 bits per heavy atom. The summed E-state index contributed by atoms with van der Waals surface area (Å²) in [6, 6.07) is 8.59. The molecule has 0 aromatic heterocycles. The van der Waals surface area contributed by atoms with Crippen molar-refractivity contribution in [1.82, 2.24) is 10.6 Å². The normalized spacial score (nSPS) is 23.8. The molecule has 2 amide bonds. The summed E-state index contributed by atoms with van der Waals surface area (Å²) in [6.07, 6.45) is 3.40. The van der Waals surface area contributed by atoms with Crippen LogP contribution in [0.15, 0.2) is 36.4 Å². The zero-order valence-corrected chi connectivity index (χ0v) is 14.6. The van der Waals surface area contributed by atoms with Crippen molar-refractivity contribution in [3.63, 3.8) is 0 Å². The van der Waals surface area contributed by atoms with Gasteiger partial charge in [-0.3, -0.25) is 9.59 Å². The predicted molar refractivity (Wildman–Crippen MR) is 92.9 cm³/mol. The molecule has 1 aromatic carbocycles. The van der Waals surface area contributed by atoms with Crippen LogP contribution in [0.2, 0.25) is 0 Å². The Morgan fingerprint density at radius 1 is 1.25 bits per heavy atom. The summed E-state index contributed by atoms with van der Waals surface area (Å²) >= 11 is 0. The Hall–Kier alpha value is -2.15. The van der Waals surface area contributed by atoms with E-state index in [2.05, 4.69) is 10.6 Å². The third kappa shape index (κ3) is 5.19. The molecule has 0 spiro atoms. The van der Waals surface area contributed by atoms with E-state index in [0.717, 1.165) is 5.56 Å². The van der Waals surface area contributed by atoms with E-state index in [4.69, 9.17) is 0 Å². The van der Waals surface area contributed by atoms with E-state index in [1.807, 2.05) is 30.3 Å². The largest absolute Gasteiger partial charge is 0.348 e. The molecule has 0 bridgehead atoms. The third-order valence-corrected chi connectivity index (χ3v) is 5.81. The Kier molecular flexibility index (Phi) is 5.43. The van der Waals surface area contributed by atoms with Crippen LogP contribution in [0.5, 0.6) is 0 Å². The summed E-state index contributed by atoms with van der Waals surface area (Å²) in [6.45, 7) is 3.27. The first kappa shape index (κ1) is 18.2. The van der Waals surface area contributed by atoms with E-state index in [9.17, 15) is 18.0 Å². The molecule has 1 heterocycles. The Bertz CT molecular complexity index is 743. The van der Waals surface area contributed by atoms with E-state index < -0.39 is 27.3 Å². The second-order valence-electron chi connectivity index (χ2n) is 6.37. The SMILES string of the molecule is CC(NC(=O)/C=C/c1ccccc1)C(=O)NC1(C)CCS(=O)(=O)C1. The molecule has 6 nitrogen and oxygen atoms in total. The van der Waals surface area contributed by atoms with Gasteiger partial charge in [-0.25, -0.2) is 8.42 Å². The van der Waals surface area contributed by atoms with Crippen LogP contribution in [-0.4, -0.2) is 43.3 Å². The van der Waals surface area contributed by atoms with Gasteiger partial charge in [0.2, 0.25) is 11.8 Å². The molecule has 1 saturated heterocycles. The maximum atomic E-state index is 12.2. The maximum absolute atomic E-state index is 12.2. The van der Waals surface area contributed by atoms with Crippen molar-refractivity contribution < 1.29 is 18.0 Å². The minimum atomic E-state index is -3.10. The van der Waals surface area contributed by atoms with E-state index in [1.54, 1.807) is 19.9 Å². The quantitative estimate of drug-likeness (QED) is 0.772. The van der Waals surface area contributed by atoms with Crippen LogP contribution in [0, 0.1) is 0 Å². The van der Waals surface area contributed by atoms with Gasteiger partial charge in [0.25, 0.3) is 0 Å². The van der Waals surface area contributed by atoms with Crippen LogP contribution in [0.1, 0.15) is 25.8 Å². The topological polar surface area (TPSA) is 92.3 Å². The van der Waals surface area contributed by atoms with Crippen LogP contribution in [-0.2, 0) is 19.4 Å². The highest BCUT2D eigenvalue weighted by Gasteiger charge is 2.40. The Morgan fingerprint density at radius 3 is 2.50 bits per heavy atom. The van der Waals surface area contributed by atoms with Crippen LogP contribution in [0.3, 0.4) is 0 Å². The molecule has 130 valence electrons. The van der Waals surface area contributed by atoms with E-state index in [-0.39, 0.29) is 17.4 Å². The molecule has 1 aliphatic rings. The summed E-state index contributed by atoms with van der Waals surface area (Å²) < 4.78 is 23.1. The lowest BCUT2D eigenvalue weighted by Gasteiger charge is -2.26. The lowest BCUT2D eigenvalue weighted by Crippen LogP contribution is -2.53. The van der Waals surface area contributed by atoms with Gasteiger partial charge in [0, 0.05) is 6.08 Å². The van der Waals surface area contributed by atoms with Gasteiger partial charge >= 0.3 is 0 Å². The average Bonchev–Trinajstić information content (AvgIpc) is 2.79. The number of amides is 2. The fourth-order valence-electron chi connectivity index (χ4n) is 2.58. The average molecular weight is 350 g/mol. The number of sulfone groups is 1. The number of carbonyl (C=O) groups is 2. The van der Waals surface area contributed by atoms with Gasteiger partial charge in [-0.1, -0.05) is 30.3 Å². The smallest absolute Gasteiger partial charge is 0.244 e. The molecular formula is C17H22N2O4S. The number of hydrogen-bond acceptors (Lipinski definition) is 4. The minimum absolute atomic E-state index is 0.0691. The first-order chi connectivity index (χ1) is 11.2. The summed E-state index contributed by atoms with van der Waals surface area (Å²) in [4.78, 5) is 24.1. The number of benzene rings is 1. The Labute approximate surface area is 142 Å². The second kappa shape index (κ2) is 7.17. The molecule has 24 heavy (non-hydrogen) atoms. The Balaban J connectivity index is 1.87. The predicted octanol–water partition coefficient (Wildman–Crippen LogP) is 0.898. The fourth-order valence-corrected chi connectivity index (χ4v) is 4.67. The second-order valence-corrected chi connectivity index (χ2v) is 8.55. The number of carbonyl (C=O) groups excluding carboxylic acids is 2. The van der Waals surface area contributed by atoms with Gasteiger partial charge in [0.15, 0.2) is 9.84 Å². The molecule has 1 aliphatic heterocycles. The molecule has 0 radical (unpaired) electrons. The minimum Gasteiger partial charge on any atom is -0.348 e. The van der Waals surface area contributed by atoms with Gasteiger partial charge in [0.05, 0.1) is 17.0 Å². The zero-order valence-electron chi connectivity index (χ0n) is 13.8. The highest BCUT2D eigenvalue weighted by Crippen LogP contribution is 2.22.